The summed E-state index contributed by atoms with van der Waals surface area (Å²) < 4.78 is 6.96. The SMILES string of the molecule is CC(C)c1ccc(C(C)C)nc1.CC(C)c1ccc2cc(C(C)C)ccc2c1.CC(C)c1ccc2oc(C(C)C)c(Br)c2c1.CC(C)c1cnc(C(C)C)nc1. The summed E-state index contributed by atoms with van der Waals surface area (Å²) in [6, 6.07) is 24.3. The molecule has 0 fully saturated rings. The minimum Gasteiger partial charge on any atom is -0.460 e. The summed E-state index contributed by atoms with van der Waals surface area (Å²) in [5.41, 5.74) is 8.87. The van der Waals surface area contributed by atoms with E-state index in [9.17, 15) is 0 Å². The summed E-state index contributed by atoms with van der Waals surface area (Å²) >= 11 is 3.64. The number of fused-ring (bicyclic) bond motifs is 2. The summed E-state index contributed by atoms with van der Waals surface area (Å²) in [5.74, 6) is 6.19. The topological polar surface area (TPSA) is 51.8 Å². The molecule has 5 heteroatoms. The quantitative estimate of drug-likeness (QED) is 0.153. The third kappa shape index (κ3) is 13.4. The molecule has 0 aliphatic carbocycles. The molecule has 0 radical (unpaired) electrons. The Morgan fingerprint density at radius 3 is 1.23 bits per heavy atom. The van der Waals surface area contributed by atoms with Crippen LogP contribution in [-0.4, -0.2) is 15.0 Å². The van der Waals surface area contributed by atoms with Gasteiger partial charge in [-0.15, -0.1) is 0 Å². The zero-order valence-electron chi connectivity index (χ0n) is 37.3. The van der Waals surface area contributed by atoms with E-state index in [4.69, 9.17) is 4.42 Å². The first-order chi connectivity index (χ1) is 26.3. The van der Waals surface area contributed by atoms with Crippen molar-refractivity contribution in [2.24, 2.45) is 0 Å². The van der Waals surface area contributed by atoms with Gasteiger partial charge < -0.3 is 4.42 Å². The lowest BCUT2D eigenvalue weighted by atomic mass is 9.96. The highest BCUT2D eigenvalue weighted by Gasteiger charge is 2.15. The molecular formula is C51H70BrN3O. The molecule has 4 nitrogen and oxygen atoms in total. The van der Waals surface area contributed by atoms with Crippen LogP contribution in [0.5, 0.6) is 0 Å². The molecule has 0 saturated heterocycles. The summed E-state index contributed by atoms with van der Waals surface area (Å²) in [6.07, 6.45) is 5.83. The maximum absolute atomic E-state index is 5.85. The Kier molecular flexibility index (Phi) is 18.0. The van der Waals surface area contributed by atoms with Crippen LogP contribution >= 0.6 is 15.9 Å². The van der Waals surface area contributed by atoms with Crippen LogP contribution in [-0.2, 0) is 0 Å². The molecule has 3 aromatic carbocycles. The van der Waals surface area contributed by atoms with Crippen molar-refractivity contribution in [3.63, 3.8) is 0 Å². The van der Waals surface area contributed by atoms with Crippen LogP contribution in [0.1, 0.15) is 203 Å². The van der Waals surface area contributed by atoms with Gasteiger partial charge in [-0.3, -0.25) is 4.98 Å². The minimum atomic E-state index is 0.407. The Morgan fingerprint density at radius 1 is 0.411 bits per heavy atom. The number of hydrogen-bond acceptors (Lipinski definition) is 4. The van der Waals surface area contributed by atoms with Crippen molar-refractivity contribution in [2.45, 2.75) is 158 Å². The normalized spacial score (nSPS) is 11.5. The zero-order chi connectivity index (χ0) is 41.9. The molecule has 6 aromatic rings. The maximum Gasteiger partial charge on any atom is 0.135 e. The molecule has 302 valence electrons. The van der Waals surface area contributed by atoms with Gasteiger partial charge in [0, 0.05) is 41.5 Å². The van der Waals surface area contributed by atoms with E-state index in [0.29, 0.717) is 47.3 Å². The number of pyridine rings is 1. The van der Waals surface area contributed by atoms with Crippen LogP contribution < -0.4 is 0 Å². The Morgan fingerprint density at radius 2 is 0.839 bits per heavy atom. The molecule has 0 N–H and O–H groups in total. The Labute approximate surface area is 348 Å². The van der Waals surface area contributed by atoms with Crippen LogP contribution in [0.4, 0.5) is 0 Å². The van der Waals surface area contributed by atoms with Gasteiger partial charge in [0.1, 0.15) is 17.2 Å². The van der Waals surface area contributed by atoms with Crippen LogP contribution in [0.25, 0.3) is 21.7 Å². The van der Waals surface area contributed by atoms with Gasteiger partial charge in [0.25, 0.3) is 0 Å². The van der Waals surface area contributed by atoms with Crippen molar-refractivity contribution in [2.75, 3.05) is 0 Å². The fraction of sp³-hybridized carbons (Fsp3) is 0.471. The lowest BCUT2D eigenvalue weighted by molar-refractivity contribution is 0.518. The van der Waals surface area contributed by atoms with E-state index in [0.717, 1.165) is 21.6 Å². The Balaban J connectivity index is 0.000000202. The molecule has 0 aliphatic rings. The monoisotopic (exact) mass is 819 g/mol. The van der Waals surface area contributed by atoms with Gasteiger partial charge in [-0.1, -0.05) is 159 Å². The molecule has 0 amide bonds. The Hall–Kier alpha value is -3.83. The van der Waals surface area contributed by atoms with Crippen molar-refractivity contribution in [1.82, 2.24) is 15.0 Å². The molecule has 0 aliphatic heterocycles. The lowest BCUT2D eigenvalue weighted by Gasteiger charge is -2.10. The van der Waals surface area contributed by atoms with Crippen LogP contribution in [0, 0.1) is 0 Å². The number of benzene rings is 3. The number of furan rings is 1. The van der Waals surface area contributed by atoms with Gasteiger partial charge in [-0.25, -0.2) is 9.97 Å². The van der Waals surface area contributed by atoms with E-state index in [1.54, 1.807) is 0 Å². The molecule has 0 spiro atoms. The molecule has 6 rings (SSSR count). The fourth-order valence-electron chi connectivity index (χ4n) is 5.88. The average molecular weight is 821 g/mol. The van der Waals surface area contributed by atoms with Crippen LogP contribution in [0.2, 0.25) is 0 Å². The van der Waals surface area contributed by atoms with E-state index in [1.807, 2.05) is 18.6 Å². The van der Waals surface area contributed by atoms with Crippen molar-refractivity contribution in [3.8, 4) is 0 Å². The standard InChI is InChI=1S/C16H20.C14H17BrO.C11H17N.C10H16N2/c1-11(2)13-5-7-16-10-14(12(3)4)6-8-15(16)9-13;1-8(2)10-5-6-12-11(7-10)13(15)14(16-12)9(3)4;1-8(2)10-5-6-11(9(3)4)12-7-10;1-7(2)9-5-11-10(8(3)4)12-6-9/h5-12H,1-4H3;5-9H,1-4H3;5-9H,1-4H3;5-8H,1-4H3. The van der Waals surface area contributed by atoms with Crippen LogP contribution in [0.3, 0.4) is 0 Å². The third-order valence-corrected chi connectivity index (χ3v) is 10.8. The van der Waals surface area contributed by atoms with E-state index in [1.165, 1.54) is 49.7 Å². The summed E-state index contributed by atoms with van der Waals surface area (Å²) in [4.78, 5) is 13.0. The lowest BCUT2D eigenvalue weighted by Crippen LogP contribution is -1.99. The number of aromatic nitrogens is 3. The second-order valence-corrected chi connectivity index (χ2v) is 18.3. The molecule has 3 aromatic heterocycles. The first-order valence-electron chi connectivity index (χ1n) is 20.8. The highest BCUT2D eigenvalue weighted by Crippen LogP contribution is 2.36. The number of hydrogen-bond donors (Lipinski definition) is 0. The van der Waals surface area contributed by atoms with Gasteiger partial charge in [0.05, 0.1) is 4.47 Å². The average Bonchev–Trinajstić information content (AvgIpc) is 3.50. The zero-order valence-corrected chi connectivity index (χ0v) is 38.9. The van der Waals surface area contributed by atoms with Crippen LogP contribution in [0.15, 0.2) is 94.2 Å². The van der Waals surface area contributed by atoms with E-state index in [2.05, 4.69) is 208 Å². The molecule has 0 unspecified atom stereocenters. The smallest absolute Gasteiger partial charge is 0.135 e. The summed E-state index contributed by atoms with van der Waals surface area (Å²) in [6.45, 7) is 34.9. The van der Waals surface area contributed by atoms with Gasteiger partial charge in [-0.2, -0.15) is 0 Å². The van der Waals surface area contributed by atoms with Crippen molar-refractivity contribution < 1.29 is 4.42 Å². The molecule has 56 heavy (non-hydrogen) atoms. The minimum absolute atomic E-state index is 0.407. The first kappa shape index (κ1) is 46.6. The molecular weight excluding hydrogens is 750 g/mol. The van der Waals surface area contributed by atoms with E-state index >= 15 is 0 Å². The largest absolute Gasteiger partial charge is 0.460 e. The van der Waals surface area contributed by atoms with Crippen molar-refractivity contribution in [1.29, 1.82) is 0 Å². The van der Waals surface area contributed by atoms with Gasteiger partial charge in [0.15, 0.2) is 0 Å². The Bertz CT molecular complexity index is 1910. The summed E-state index contributed by atoms with van der Waals surface area (Å²) in [5, 5.41) is 3.90. The predicted molar refractivity (Wildman–Crippen MR) is 247 cm³/mol. The van der Waals surface area contributed by atoms with E-state index < -0.39 is 0 Å². The number of nitrogens with zero attached hydrogens (tertiary/aromatic N) is 3. The second kappa shape index (κ2) is 21.6. The fourth-order valence-corrected chi connectivity index (χ4v) is 6.73. The molecule has 0 atom stereocenters. The highest BCUT2D eigenvalue weighted by molar-refractivity contribution is 9.10. The van der Waals surface area contributed by atoms with Crippen molar-refractivity contribution in [3.05, 3.63) is 135 Å². The maximum atomic E-state index is 5.85. The summed E-state index contributed by atoms with van der Waals surface area (Å²) in [7, 11) is 0. The third-order valence-electron chi connectivity index (χ3n) is 10.0. The molecule has 0 saturated carbocycles. The second-order valence-electron chi connectivity index (χ2n) is 17.5. The first-order valence-corrected chi connectivity index (χ1v) is 21.6. The predicted octanol–water partition coefficient (Wildman–Crippen LogP) is 16.6. The number of rotatable bonds is 8. The van der Waals surface area contributed by atoms with Gasteiger partial charge >= 0.3 is 0 Å². The molecule has 0 bridgehead atoms. The highest BCUT2D eigenvalue weighted by atomic mass is 79.9. The van der Waals surface area contributed by atoms with Gasteiger partial charge in [-0.05, 0) is 108 Å². The van der Waals surface area contributed by atoms with E-state index in [-0.39, 0.29) is 0 Å². The molecule has 3 heterocycles. The van der Waals surface area contributed by atoms with Gasteiger partial charge in [0.2, 0.25) is 0 Å². The number of halogens is 1. The van der Waals surface area contributed by atoms with Crippen molar-refractivity contribution >= 4 is 37.7 Å².